The lowest BCUT2D eigenvalue weighted by Crippen LogP contribution is -2.37. The predicted octanol–water partition coefficient (Wildman–Crippen LogP) is 3.34. The van der Waals surface area contributed by atoms with Crippen LogP contribution in [0, 0.1) is 13.8 Å². The van der Waals surface area contributed by atoms with Crippen molar-refractivity contribution < 1.29 is 9.59 Å². The first kappa shape index (κ1) is 21.2. The molecule has 0 spiro atoms. The molecule has 0 aliphatic carbocycles. The average molecular weight is 443 g/mol. The van der Waals surface area contributed by atoms with E-state index in [4.69, 9.17) is 9.97 Å². The number of aromatic nitrogens is 4. The van der Waals surface area contributed by atoms with E-state index in [-0.39, 0.29) is 17.9 Å². The highest BCUT2D eigenvalue weighted by Gasteiger charge is 2.36. The van der Waals surface area contributed by atoms with Gasteiger partial charge in [-0.2, -0.15) is 0 Å². The summed E-state index contributed by atoms with van der Waals surface area (Å²) in [6, 6.07) is 7.95. The molecule has 0 bridgehead atoms. The van der Waals surface area contributed by atoms with Crippen LogP contribution in [-0.2, 0) is 17.8 Å². The quantitative estimate of drug-likeness (QED) is 0.615. The summed E-state index contributed by atoms with van der Waals surface area (Å²) in [5.41, 5.74) is 4.43. The van der Waals surface area contributed by atoms with Gasteiger partial charge in [-0.3, -0.25) is 19.5 Å². The van der Waals surface area contributed by atoms with Crippen molar-refractivity contribution >= 4 is 17.6 Å². The van der Waals surface area contributed by atoms with Crippen molar-refractivity contribution in [2.45, 2.75) is 52.1 Å². The summed E-state index contributed by atoms with van der Waals surface area (Å²) in [5.74, 6) is 1.15. The Balaban J connectivity index is 1.49. The second-order valence-electron chi connectivity index (χ2n) is 8.68. The van der Waals surface area contributed by atoms with Crippen LogP contribution in [0.4, 0.5) is 5.82 Å². The van der Waals surface area contributed by atoms with Gasteiger partial charge in [-0.05, 0) is 38.7 Å². The second-order valence-corrected chi connectivity index (χ2v) is 8.68. The number of hydrogen-bond acceptors (Lipinski definition) is 6. The van der Waals surface area contributed by atoms with Crippen LogP contribution in [0.5, 0.6) is 0 Å². The molecule has 4 heterocycles. The normalized spacial score (nSPS) is 17.9. The van der Waals surface area contributed by atoms with E-state index in [2.05, 4.69) is 22.1 Å². The molecular formula is C25H26N6O2. The summed E-state index contributed by atoms with van der Waals surface area (Å²) in [6.07, 6.45) is 7.28. The summed E-state index contributed by atoms with van der Waals surface area (Å²) >= 11 is 0. The number of rotatable bonds is 4. The fourth-order valence-electron chi connectivity index (χ4n) is 4.63. The van der Waals surface area contributed by atoms with E-state index in [1.165, 1.54) is 18.0 Å². The molecule has 3 aromatic rings. The molecule has 8 heteroatoms. The van der Waals surface area contributed by atoms with E-state index in [9.17, 15) is 9.59 Å². The Hall–Kier alpha value is -3.68. The molecule has 8 nitrogen and oxygen atoms in total. The van der Waals surface area contributed by atoms with Gasteiger partial charge in [0.05, 0.1) is 18.8 Å². The van der Waals surface area contributed by atoms with Crippen molar-refractivity contribution in [2.75, 3.05) is 11.4 Å². The first-order chi connectivity index (χ1) is 16.0. The van der Waals surface area contributed by atoms with Crippen LogP contribution in [0.25, 0.3) is 0 Å². The average Bonchev–Trinajstić information content (AvgIpc) is 3.32. The molecule has 5 rings (SSSR count). The topological polar surface area (TPSA) is 92.2 Å². The maximum atomic E-state index is 13.1. The molecule has 2 aromatic heterocycles. The lowest BCUT2D eigenvalue weighted by Gasteiger charge is -2.31. The lowest BCUT2D eigenvalue weighted by molar-refractivity contribution is -0.119. The number of fused-ring (bicyclic) bond motifs is 1. The van der Waals surface area contributed by atoms with Crippen molar-refractivity contribution in [3.63, 3.8) is 0 Å². The third-order valence-electron chi connectivity index (χ3n) is 6.41. The molecule has 1 saturated heterocycles. The van der Waals surface area contributed by atoms with Crippen molar-refractivity contribution in [1.82, 2.24) is 24.8 Å². The number of carbonyl (C=O) groups excluding carboxylic acids is 2. The Bertz CT molecular complexity index is 1200. The molecule has 2 aliphatic rings. The zero-order valence-electron chi connectivity index (χ0n) is 18.9. The van der Waals surface area contributed by atoms with E-state index in [0.717, 1.165) is 29.7 Å². The van der Waals surface area contributed by atoms with Crippen molar-refractivity contribution in [3.05, 3.63) is 76.8 Å². The third kappa shape index (κ3) is 4.08. The zero-order valence-corrected chi connectivity index (χ0v) is 18.9. The van der Waals surface area contributed by atoms with E-state index in [1.807, 2.05) is 26.0 Å². The summed E-state index contributed by atoms with van der Waals surface area (Å²) in [4.78, 5) is 47.4. The Morgan fingerprint density at radius 3 is 2.67 bits per heavy atom. The SMILES string of the molecule is Cc1ccc(CN2C(=O)CCc3c(C)nc([C@H]4CCCN4C(=O)c4cnccn4)nc32)cc1. The standard InChI is InChI=1S/C25H26N6O2/c1-16-5-7-18(8-6-16)15-31-22(32)10-9-19-17(2)28-23(29-24(19)31)21-4-3-13-30(21)25(33)20-14-26-11-12-27-20/h5-8,11-12,14,21H,3-4,9-10,13,15H2,1-2H3/t21-/m1/s1. The molecule has 0 radical (unpaired) electrons. The van der Waals surface area contributed by atoms with Gasteiger partial charge in [-0.1, -0.05) is 29.8 Å². The van der Waals surface area contributed by atoms with Crippen molar-refractivity contribution in [3.8, 4) is 0 Å². The van der Waals surface area contributed by atoms with Gasteiger partial charge < -0.3 is 4.90 Å². The zero-order chi connectivity index (χ0) is 22.9. The number of amides is 2. The minimum Gasteiger partial charge on any atom is -0.327 e. The van der Waals surface area contributed by atoms with Gasteiger partial charge in [0.25, 0.3) is 5.91 Å². The Morgan fingerprint density at radius 1 is 1.09 bits per heavy atom. The maximum absolute atomic E-state index is 13.1. The molecule has 0 saturated carbocycles. The molecule has 1 fully saturated rings. The molecule has 168 valence electrons. The van der Waals surface area contributed by atoms with Crippen LogP contribution in [0.1, 0.15) is 64.0 Å². The molecule has 33 heavy (non-hydrogen) atoms. The minimum atomic E-state index is -0.248. The number of hydrogen-bond donors (Lipinski definition) is 0. The molecule has 2 aliphatic heterocycles. The number of benzene rings is 1. The molecular weight excluding hydrogens is 416 g/mol. The Kier molecular flexibility index (Phi) is 5.58. The van der Waals surface area contributed by atoms with Crippen LogP contribution in [0.3, 0.4) is 0 Å². The maximum Gasteiger partial charge on any atom is 0.274 e. The lowest BCUT2D eigenvalue weighted by atomic mass is 10.0. The van der Waals surface area contributed by atoms with Crippen LogP contribution in [-0.4, -0.2) is 43.2 Å². The summed E-state index contributed by atoms with van der Waals surface area (Å²) in [7, 11) is 0. The smallest absolute Gasteiger partial charge is 0.274 e. The molecule has 1 aromatic carbocycles. The van der Waals surface area contributed by atoms with Crippen LogP contribution < -0.4 is 4.90 Å². The first-order valence-corrected chi connectivity index (χ1v) is 11.3. The van der Waals surface area contributed by atoms with Crippen molar-refractivity contribution in [2.24, 2.45) is 0 Å². The fraction of sp³-hybridized carbons (Fsp3) is 0.360. The molecule has 2 amide bonds. The highest BCUT2D eigenvalue weighted by molar-refractivity contribution is 5.95. The van der Waals surface area contributed by atoms with E-state index < -0.39 is 0 Å². The summed E-state index contributed by atoms with van der Waals surface area (Å²) < 4.78 is 0. The molecule has 0 unspecified atom stereocenters. The number of anilines is 1. The van der Waals surface area contributed by atoms with Gasteiger partial charge in [0, 0.05) is 36.6 Å². The van der Waals surface area contributed by atoms with Gasteiger partial charge in [0.2, 0.25) is 5.91 Å². The molecule has 0 N–H and O–H groups in total. The third-order valence-corrected chi connectivity index (χ3v) is 6.41. The van der Waals surface area contributed by atoms with Crippen LogP contribution in [0.15, 0.2) is 42.9 Å². The summed E-state index contributed by atoms with van der Waals surface area (Å²) in [6.45, 7) is 5.10. The predicted molar refractivity (Wildman–Crippen MR) is 123 cm³/mol. The Morgan fingerprint density at radius 2 is 1.91 bits per heavy atom. The van der Waals surface area contributed by atoms with Crippen LogP contribution >= 0.6 is 0 Å². The minimum absolute atomic E-state index is 0.0611. The largest absolute Gasteiger partial charge is 0.327 e. The van der Waals surface area contributed by atoms with E-state index in [1.54, 1.807) is 16.0 Å². The highest BCUT2D eigenvalue weighted by atomic mass is 16.2. The van der Waals surface area contributed by atoms with Crippen LogP contribution in [0.2, 0.25) is 0 Å². The number of carbonyl (C=O) groups is 2. The van der Waals surface area contributed by atoms with Gasteiger partial charge in [0.1, 0.15) is 11.5 Å². The van der Waals surface area contributed by atoms with Gasteiger partial charge in [0.15, 0.2) is 5.82 Å². The van der Waals surface area contributed by atoms with Gasteiger partial charge in [-0.25, -0.2) is 15.0 Å². The first-order valence-electron chi connectivity index (χ1n) is 11.3. The molecule has 1 atom stereocenters. The number of aryl methyl sites for hydroxylation is 2. The second kappa shape index (κ2) is 8.69. The summed E-state index contributed by atoms with van der Waals surface area (Å²) in [5, 5.41) is 0. The highest BCUT2D eigenvalue weighted by Crippen LogP contribution is 2.35. The number of nitrogens with zero attached hydrogens (tertiary/aromatic N) is 6. The van der Waals surface area contributed by atoms with E-state index >= 15 is 0 Å². The van der Waals surface area contributed by atoms with Gasteiger partial charge >= 0.3 is 0 Å². The monoisotopic (exact) mass is 442 g/mol. The van der Waals surface area contributed by atoms with Gasteiger partial charge in [-0.15, -0.1) is 0 Å². The number of likely N-dealkylation sites (tertiary alicyclic amines) is 1. The van der Waals surface area contributed by atoms with Crippen molar-refractivity contribution in [1.29, 1.82) is 0 Å². The Labute approximate surface area is 192 Å². The fourth-order valence-corrected chi connectivity index (χ4v) is 4.63. The van der Waals surface area contributed by atoms with E-state index in [0.29, 0.717) is 43.3 Å².